The first kappa shape index (κ1) is 20.2. The van der Waals surface area contributed by atoms with Crippen LogP contribution < -0.4 is 4.90 Å². The van der Waals surface area contributed by atoms with Gasteiger partial charge in [-0.15, -0.1) is 0 Å². The zero-order chi connectivity index (χ0) is 21.3. The van der Waals surface area contributed by atoms with Crippen LogP contribution in [-0.2, 0) is 10.0 Å². The summed E-state index contributed by atoms with van der Waals surface area (Å²) in [5.74, 6) is -0.831. The summed E-state index contributed by atoms with van der Waals surface area (Å²) in [4.78, 5) is 21.0. The molecule has 1 aliphatic heterocycles. The molecule has 0 saturated carbocycles. The highest BCUT2D eigenvalue weighted by Crippen LogP contribution is 2.26. The van der Waals surface area contributed by atoms with E-state index in [9.17, 15) is 18.3 Å². The minimum absolute atomic E-state index is 0.0324. The molecule has 1 atom stereocenters. The first-order valence-corrected chi connectivity index (χ1v) is 10.8. The predicted molar refractivity (Wildman–Crippen MR) is 110 cm³/mol. The standard InChI is InChI=1S/C20H20N4O5S/c25-13-17-12-23(20-21-10-16(11-22-20)19(26)27)7-8-24(17)30(28,29)18-6-5-14-3-1-2-4-15(14)9-18/h1-6,9-11,17,25H,7-8,12-13H2,(H,26,27). The van der Waals surface area contributed by atoms with Gasteiger partial charge in [0.15, 0.2) is 0 Å². The molecule has 2 aromatic carbocycles. The van der Waals surface area contributed by atoms with Crippen LogP contribution in [-0.4, -0.2) is 71.2 Å². The summed E-state index contributed by atoms with van der Waals surface area (Å²) in [5.41, 5.74) is -0.0324. The third kappa shape index (κ3) is 3.72. The molecule has 1 unspecified atom stereocenters. The van der Waals surface area contributed by atoms with Gasteiger partial charge in [-0.05, 0) is 22.9 Å². The van der Waals surface area contributed by atoms with Crippen molar-refractivity contribution in [2.45, 2.75) is 10.9 Å². The summed E-state index contributed by atoms with van der Waals surface area (Å²) in [6, 6.07) is 11.8. The summed E-state index contributed by atoms with van der Waals surface area (Å²) in [5, 5.41) is 20.6. The van der Waals surface area contributed by atoms with Gasteiger partial charge in [0.1, 0.15) is 0 Å². The van der Waals surface area contributed by atoms with Crippen molar-refractivity contribution >= 4 is 32.7 Å². The van der Waals surface area contributed by atoms with E-state index in [2.05, 4.69) is 9.97 Å². The molecule has 0 aliphatic carbocycles. The van der Waals surface area contributed by atoms with Gasteiger partial charge in [-0.2, -0.15) is 4.31 Å². The van der Waals surface area contributed by atoms with E-state index in [4.69, 9.17) is 5.11 Å². The highest BCUT2D eigenvalue weighted by atomic mass is 32.2. The van der Waals surface area contributed by atoms with Gasteiger partial charge in [0.05, 0.1) is 23.1 Å². The van der Waals surface area contributed by atoms with E-state index in [1.165, 1.54) is 16.7 Å². The van der Waals surface area contributed by atoms with Crippen molar-refractivity contribution < 1.29 is 23.4 Å². The summed E-state index contributed by atoms with van der Waals surface area (Å²) >= 11 is 0. The van der Waals surface area contributed by atoms with Crippen molar-refractivity contribution in [1.29, 1.82) is 0 Å². The van der Waals surface area contributed by atoms with Crippen LogP contribution in [0.3, 0.4) is 0 Å². The van der Waals surface area contributed by atoms with Crippen molar-refractivity contribution in [2.75, 3.05) is 31.1 Å². The number of aromatic carboxylic acids is 1. The zero-order valence-electron chi connectivity index (χ0n) is 15.9. The van der Waals surface area contributed by atoms with Crippen LogP contribution in [0.15, 0.2) is 59.8 Å². The molecule has 1 aliphatic rings. The van der Waals surface area contributed by atoms with E-state index in [1.54, 1.807) is 23.1 Å². The molecule has 10 heteroatoms. The van der Waals surface area contributed by atoms with Crippen LogP contribution in [0.2, 0.25) is 0 Å². The highest BCUT2D eigenvalue weighted by molar-refractivity contribution is 7.89. The Bertz CT molecular complexity index is 1180. The maximum atomic E-state index is 13.3. The average Bonchev–Trinajstić information content (AvgIpc) is 2.78. The van der Waals surface area contributed by atoms with Crippen molar-refractivity contribution in [3.63, 3.8) is 0 Å². The number of anilines is 1. The number of carbonyl (C=O) groups is 1. The maximum Gasteiger partial charge on any atom is 0.338 e. The van der Waals surface area contributed by atoms with E-state index < -0.39 is 22.0 Å². The first-order chi connectivity index (χ1) is 14.4. The van der Waals surface area contributed by atoms with Gasteiger partial charge in [-0.3, -0.25) is 0 Å². The number of aliphatic hydroxyl groups excluding tert-OH is 1. The molecule has 2 N–H and O–H groups in total. The molecule has 1 fully saturated rings. The molecule has 3 aromatic rings. The lowest BCUT2D eigenvalue weighted by atomic mass is 10.1. The fraction of sp³-hybridized carbons (Fsp3) is 0.250. The lowest BCUT2D eigenvalue weighted by Gasteiger charge is -2.39. The maximum absolute atomic E-state index is 13.3. The first-order valence-electron chi connectivity index (χ1n) is 9.32. The molecule has 0 amide bonds. The zero-order valence-corrected chi connectivity index (χ0v) is 16.7. The number of aromatic nitrogens is 2. The van der Waals surface area contributed by atoms with E-state index >= 15 is 0 Å². The van der Waals surface area contributed by atoms with Crippen LogP contribution in [0.1, 0.15) is 10.4 Å². The van der Waals surface area contributed by atoms with Gasteiger partial charge in [0.2, 0.25) is 16.0 Å². The molecule has 1 aromatic heterocycles. The molecule has 9 nitrogen and oxygen atoms in total. The number of benzene rings is 2. The fourth-order valence-corrected chi connectivity index (χ4v) is 5.18. The van der Waals surface area contributed by atoms with Gasteiger partial charge in [0, 0.05) is 32.0 Å². The summed E-state index contributed by atoms with van der Waals surface area (Å²) < 4.78 is 27.8. The minimum atomic E-state index is -3.81. The van der Waals surface area contributed by atoms with Crippen LogP contribution >= 0.6 is 0 Å². The molecule has 0 radical (unpaired) electrons. The monoisotopic (exact) mass is 428 g/mol. The van der Waals surface area contributed by atoms with Gasteiger partial charge >= 0.3 is 5.97 Å². The van der Waals surface area contributed by atoms with Crippen LogP contribution in [0.25, 0.3) is 10.8 Å². The number of carboxylic acids is 1. The van der Waals surface area contributed by atoms with Crippen molar-refractivity contribution in [1.82, 2.24) is 14.3 Å². The lowest BCUT2D eigenvalue weighted by molar-refractivity contribution is 0.0696. The number of piperazine rings is 1. The summed E-state index contributed by atoms with van der Waals surface area (Å²) in [6.07, 6.45) is 2.41. The Morgan fingerprint density at radius 2 is 1.77 bits per heavy atom. The van der Waals surface area contributed by atoms with E-state index in [0.717, 1.165) is 10.8 Å². The minimum Gasteiger partial charge on any atom is -0.478 e. The van der Waals surface area contributed by atoms with Gasteiger partial charge in [0.25, 0.3) is 0 Å². The van der Waals surface area contributed by atoms with Gasteiger partial charge in [-0.1, -0.05) is 30.3 Å². The Labute approximate surface area is 173 Å². The number of nitrogens with zero attached hydrogens (tertiary/aromatic N) is 4. The van der Waals surface area contributed by atoms with Crippen molar-refractivity contribution in [3.05, 3.63) is 60.4 Å². The Hall–Kier alpha value is -3.08. The molecule has 4 rings (SSSR count). The SMILES string of the molecule is O=C(O)c1cnc(N2CCN(S(=O)(=O)c3ccc4ccccc4c3)C(CO)C2)nc1. The number of hydrogen-bond donors (Lipinski definition) is 2. The Morgan fingerprint density at radius 1 is 1.07 bits per heavy atom. The summed E-state index contributed by atoms with van der Waals surface area (Å²) in [6.45, 7) is 0.284. The third-order valence-corrected chi connectivity index (χ3v) is 7.08. The number of sulfonamides is 1. The predicted octanol–water partition coefficient (Wildman–Crippen LogP) is 1.20. The number of hydrogen-bond acceptors (Lipinski definition) is 7. The molecular weight excluding hydrogens is 408 g/mol. The largest absolute Gasteiger partial charge is 0.478 e. The molecule has 156 valence electrons. The topological polar surface area (TPSA) is 124 Å². The lowest BCUT2D eigenvalue weighted by Crippen LogP contribution is -2.56. The number of rotatable bonds is 5. The smallest absolute Gasteiger partial charge is 0.338 e. The molecule has 0 bridgehead atoms. The summed E-state index contributed by atoms with van der Waals surface area (Å²) in [7, 11) is -3.81. The molecule has 2 heterocycles. The van der Waals surface area contributed by atoms with Crippen LogP contribution in [0.5, 0.6) is 0 Å². The molecular formula is C20H20N4O5S. The number of fused-ring (bicyclic) bond motifs is 1. The Balaban J connectivity index is 1.58. The molecule has 30 heavy (non-hydrogen) atoms. The Morgan fingerprint density at radius 3 is 2.43 bits per heavy atom. The van der Waals surface area contributed by atoms with Crippen molar-refractivity contribution in [2.24, 2.45) is 0 Å². The molecule has 0 spiro atoms. The quantitative estimate of drug-likeness (QED) is 0.621. The second kappa shape index (κ2) is 7.98. The average molecular weight is 428 g/mol. The van der Waals surface area contributed by atoms with E-state index in [1.807, 2.05) is 24.3 Å². The highest BCUT2D eigenvalue weighted by Gasteiger charge is 2.36. The molecule has 1 saturated heterocycles. The third-order valence-electron chi connectivity index (χ3n) is 5.13. The second-order valence-corrected chi connectivity index (χ2v) is 8.87. The van der Waals surface area contributed by atoms with E-state index in [-0.39, 0.29) is 30.2 Å². The van der Waals surface area contributed by atoms with E-state index in [0.29, 0.717) is 12.5 Å². The number of aliphatic hydroxyl groups is 1. The number of carboxylic acid groups (broad SMARTS) is 1. The fourth-order valence-electron chi connectivity index (χ4n) is 3.54. The normalized spacial score (nSPS) is 17.9. The van der Waals surface area contributed by atoms with Crippen LogP contribution in [0, 0.1) is 0 Å². The van der Waals surface area contributed by atoms with Crippen LogP contribution in [0.4, 0.5) is 5.95 Å². The Kier molecular flexibility index (Phi) is 5.37. The van der Waals surface area contributed by atoms with Gasteiger partial charge < -0.3 is 15.1 Å². The second-order valence-electron chi connectivity index (χ2n) is 6.98. The van der Waals surface area contributed by atoms with Crippen molar-refractivity contribution in [3.8, 4) is 0 Å². The van der Waals surface area contributed by atoms with Gasteiger partial charge in [-0.25, -0.2) is 23.2 Å².